The van der Waals surface area contributed by atoms with Gasteiger partial charge in [-0.25, -0.2) is 4.68 Å². The zero-order valence-corrected chi connectivity index (χ0v) is 17.0. The number of rotatable bonds is 7. The lowest BCUT2D eigenvalue weighted by atomic mass is 10.1. The first kappa shape index (κ1) is 20.5. The number of aromatic nitrogens is 2. The second-order valence-electron chi connectivity index (χ2n) is 5.58. The zero-order valence-electron chi connectivity index (χ0n) is 14.7. The van der Waals surface area contributed by atoms with Gasteiger partial charge < -0.3 is 10.6 Å². The van der Waals surface area contributed by atoms with E-state index in [1.165, 1.54) is 5.56 Å². The fourth-order valence-electron chi connectivity index (χ4n) is 2.19. The van der Waals surface area contributed by atoms with Gasteiger partial charge in [0.25, 0.3) is 0 Å². The van der Waals surface area contributed by atoms with Crippen LogP contribution < -0.4 is 10.6 Å². The van der Waals surface area contributed by atoms with Gasteiger partial charge in [0.05, 0.1) is 5.69 Å². The Bertz CT molecular complexity index is 592. The minimum absolute atomic E-state index is 0. The third kappa shape index (κ3) is 6.51. The van der Waals surface area contributed by atoms with Gasteiger partial charge in [-0.1, -0.05) is 19.1 Å². The molecule has 1 heterocycles. The summed E-state index contributed by atoms with van der Waals surface area (Å²) in [4.78, 5) is 4.65. The molecule has 6 heteroatoms. The zero-order chi connectivity index (χ0) is 16.5. The van der Waals surface area contributed by atoms with Gasteiger partial charge in [0, 0.05) is 31.5 Å². The van der Waals surface area contributed by atoms with Crippen LogP contribution >= 0.6 is 24.0 Å². The summed E-state index contributed by atoms with van der Waals surface area (Å²) in [7, 11) is 0. The van der Waals surface area contributed by atoms with Crippen LogP contribution in [0, 0.1) is 0 Å². The third-order valence-corrected chi connectivity index (χ3v) is 3.72. The van der Waals surface area contributed by atoms with E-state index >= 15 is 0 Å². The lowest BCUT2D eigenvalue weighted by molar-refractivity contribution is 0.624. The molecule has 0 fully saturated rings. The van der Waals surface area contributed by atoms with Gasteiger partial charge >= 0.3 is 0 Å². The summed E-state index contributed by atoms with van der Waals surface area (Å²) in [6.07, 6.45) is 5.74. The standard InChI is InChI=1S/C18H27N5.HI/c1-4-15(3)22-18(19-5-2)20-13-11-16-7-9-17(10-8-16)23-14-6-12-21-23;/h6-10,12,14-15H,4-5,11,13H2,1-3H3,(H2,19,20,22);1H. The van der Waals surface area contributed by atoms with Crippen molar-refractivity contribution in [1.29, 1.82) is 0 Å². The lowest BCUT2D eigenvalue weighted by Gasteiger charge is -2.16. The van der Waals surface area contributed by atoms with Crippen molar-refractivity contribution in [3.8, 4) is 5.69 Å². The minimum Gasteiger partial charge on any atom is -0.357 e. The summed E-state index contributed by atoms with van der Waals surface area (Å²) in [5, 5.41) is 10.9. The largest absolute Gasteiger partial charge is 0.357 e. The van der Waals surface area contributed by atoms with E-state index in [0.29, 0.717) is 6.04 Å². The van der Waals surface area contributed by atoms with Crippen molar-refractivity contribution in [3.05, 3.63) is 48.3 Å². The number of nitrogens with one attached hydrogen (secondary N) is 2. The first-order valence-corrected chi connectivity index (χ1v) is 8.36. The van der Waals surface area contributed by atoms with Crippen LogP contribution in [-0.4, -0.2) is 34.9 Å². The smallest absolute Gasteiger partial charge is 0.191 e. The minimum atomic E-state index is 0. The van der Waals surface area contributed by atoms with Crippen molar-refractivity contribution in [3.63, 3.8) is 0 Å². The molecule has 0 aliphatic rings. The molecule has 24 heavy (non-hydrogen) atoms. The molecule has 5 nitrogen and oxygen atoms in total. The van der Waals surface area contributed by atoms with Gasteiger partial charge in [0.15, 0.2) is 5.96 Å². The summed E-state index contributed by atoms with van der Waals surface area (Å²) < 4.78 is 1.86. The Balaban J connectivity index is 0.00000288. The monoisotopic (exact) mass is 441 g/mol. The highest BCUT2D eigenvalue weighted by Gasteiger charge is 2.02. The van der Waals surface area contributed by atoms with Gasteiger partial charge in [-0.05, 0) is 50.5 Å². The second-order valence-corrected chi connectivity index (χ2v) is 5.58. The van der Waals surface area contributed by atoms with Crippen LogP contribution in [-0.2, 0) is 6.42 Å². The van der Waals surface area contributed by atoms with Crippen LogP contribution in [0.4, 0.5) is 0 Å². The van der Waals surface area contributed by atoms with Gasteiger partial charge in [-0.15, -0.1) is 24.0 Å². The van der Waals surface area contributed by atoms with Gasteiger partial charge in [0.1, 0.15) is 0 Å². The first-order valence-electron chi connectivity index (χ1n) is 8.36. The Morgan fingerprint density at radius 1 is 1.25 bits per heavy atom. The number of guanidine groups is 1. The van der Waals surface area contributed by atoms with Crippen LogP contribution in [0.25, 0.3) is 5.69 Å². The Hall–Kier alpha value is -1.57. The van der Waals surface area contributed by atoms with E-state index in [4.69, 9.17) is 0 Å². The van der Waals surface area contributed by atoms with E-state index in [9.17, 15) is 0 Å². The first-order chi connectivity index (χ1) is 11.2. The number of halogens is 1. The summed E-state index contributed by atoms with van der Waals surface area (Å²) in [5.41, 5.74) is 2.36. The molecular formula is C18H28IN5. The fraction of sp³-hybridized carbons (Fsp3) is 0.444. The molecule has 2 N–H and O–H groups in total. The molecule has 0 radical (unpaired) electrons. The highest BCUT2D eigenvalue weighted by Crippen LogP contribution is 2.09. The van der Waals surface area contributed by atoms with Crippen molar-refractivity contribution in [1.82, 2.24) is 20.4 Å². The fourth-order valence-corrected chi connectivity index (χ4v) is 2.19. The van der Waals surface area contributed by atoms with Crippen molar-refractivity contribution in [2.24, 2.45) is 4.99 Å². The molecule has 1 aromatic carbocycles. The molecule has 0 aliphatic heterocycles. The third-order valence-electron chi connectivity index (χ3n) is 3.72. The summed E-state index contributed by atoms with van der Waals surface area (Å²) in [6, 6.07) is 10.8. The lowest BCUT2D eigenvalue weighted by Crippen LogP contribution is -2.42. The Morgan fingerprint density at radius 2 is 2.00 bits per heavy atom. The summed E-state index contributed by atoms with van der Waals surface area (Å²) in [6.45, 7) is 8.07. The van der Waals surface area contributed by atoms with Crippen LogP contribution in [0.3, 0.4) is 0 Å². The van der Waals surface area contributed by atoms with E-state index in [2.05, 4.69) is 65.8 Å². The van der Waals surface area contributed by atoms with E-state index in [-0.39, 0.29) is 24.0 Å². The highest BCUT2D eigenvalue weighted by atomic mass is 127. The van der Waals surface area contributed by atoms with E-state index in [1.807, 2.05) is 16.9 Å². The Labute approximate surface area is 162 Å². The number of hydrogen-bond donors (Lipinski definition) is 2. The predicted molar refractivity (Wildman–Crippen MR) is 112 cm³/mol. The second kappa shape index (κ2) is 11.1. The molecule has 1 unspecified atom stereocenters. The Morgan fingerprint density at radius 3 is 2.58 bits per heavy atom. The summed E-state index contributed by atoms with van der Waals surface area (Å²) >= 11 is 0. The molecule has 0 saturated carbocycles. The van der Waals surface area contributed by atoms with Gasteiger partial charge in [-0.3, -0.25) is 4.99 Å². The van der Waals surface area contributed by atoms with Crippen molar-refractivity contribution in [2.75, 3.05) is 13.1 Å². The molecular weight excluding hydrogens is 413 g/mol. The normalized spacial score (nSPS) is 12.4. The van der Waals surface area contributed by atoms with E-state index in [0.717, 1.165) is 37.6 Å². The van der Waals surface area contributed by atoms with Crippen molar-refractivity contribution >= 4 is 29.9 Å². The molecule has 0 spiro atoms. The molecule has 0 aliphatic carbocycles. The molecule has 0 bridgehead atoms. The number of benzene rings is 1. The van der Waals surface area contributed by atoms with Crippen LogP contribution in [0.5, 0.6) is 0 Å². The predicted octanol–water partition coefficient (Wildman–Crippen LogP) is 3.39. The van der Waals surface area contributed by atoms with Crippen LogP contribution in [0.1, 0.15) is 32.8 Å². The van der Waals surface area contributed by atoms with Crippen molar-refractivity contribution < 1.29 is 0 Å². The van der Waals surface area contributed by atoms with Gasteiger partial charge in [-0.2, -0.15) is 5.10 Å². The SMILES string of the molecule is CCNC(=NCCc1ccc(-n2cccn2)cc1)NC(C)CC.I. The van der Waals surface area contributed by atoms with Crippen LogP contribution in [0.15, 0.2) is 47.7 Å². The summed E-state index contributed by atoms with van der Waals surface area (Å²) in [5.74, 6) is 0.898. The van der Waals surface area contributed by atoms with Crippen LogP contribution in [0.2, 0.25) is 0 Å². The molecule has 132 valence electrons. The molecule has 2 aromatic rings. The maximum atomic E-state index is 4.65. The highest BCUT2D eigenvalue weighted by molar-refractivity contribution is 14.0. The van der Waals surface area contributed by atoms with Crippen molar-refractivity contribution in [2.45, 2.75) is 39.7 Å². The number of nitrogens with zero attached hydrogens (tertiary/aromatic N) is 3. The topological polar surface area (TPSA) is 54.2 Å². The molecule has 1 aromatic heterocycles. The quantitative estimate of drug-likeness (QED) is 0.394. The molecule has 0 amide bonds. The average molecular weight is 441 g/mol. The number of hydrogen-bond acceptors (Lipinski definition) is 2. The van der Waals surface area contributed by atoms with E-state index in [1.54, 1.807) is 6.20 Å². The maximum absolute atomic E-state index is 4.65. The molecule has 1 atom stereocenters. The average Bonchev–Trinajstić information content (AvgIpc) is 3.10. The molecule has 0 saturated heterocycles. The van der Waals surface area contributed by atoms with E-state index < -0.39 is 0 Å². The molecule has 2 rings (SSSR count). The maximum Gasteiger partial charge on any atom is 0.191 e. The Kier molecular flexibility index (Phi) is 9.44. The number of aliphatic imine (C=N–C) groups is 1. The van der Waals surface area contributed by atoms with Gasteiger partial charge in [0.2, 0.25) is 0 Å².